The normalized spacial score (nSPS) is 11.0. The highest BCUT2D eigenvalue weighted by molar-refractivity contribution is 7.11. The number of benzene rings is 2. The molecule has 0 saturated heterocycles. The molecule has 0 N–H and O–H groups in total. The number of allylic oxidation sites excluding steroid dienone is 1. The highest BCUT2D eigenvalue weighted by Crippen LogP contribution is 2.27. The Morgan fingerprint density at radius 1 is 1.19 bits per heavy atom. The molecule has 26 heavy (non-hydrogen) atoms. The topological polar surface area (TPSA) is 63.0 Å². The molecule has 3 aromatic rings. The van der Waals surface area contributed by atoms with Gasteiger partial charge in [0, 0.05) is 10.9 Å². The van der Waals surface area contributed by atoms with Gasteiger partial charge in [0.05, 0.1) is 23.9 Å². The number of methoxy groups -OCH3 is 1. The first-order valence-electron chi connectivity index (χ1n) is 7.62. The molecule has 1 aromatic heterocycles. The molecule has 6 heteroatoms. The zero-order valence-electron chi connectivity index (χ0n) is 13.8. The fourth-order valence-corrected chi connectivity index (χ4v) is 3.09. The van der Waals surface area contributed by atoms with Crippen molar-refractivity contribution in [3.8, 4) is 17.3 Å². The maximum atomic E-state index is 13.0. The number of carbonyl (C=O) groups is 1. The number of halogens is 1. The Morgan fingerprint density at radius 3 is 2.50 bits per heavy atom. The van der Waals surface area contributed by atoms with E-state index in [-0.39, 0.29) is 5.82 Å². The van der Waals surface area contributed by atoms with Gasteiger partial charge in [0.1, 0.15) is 16.9 Å². The van der Waals surface area contributed by atoms with Gasteiger partial charge in [-0.3, -0.25) is 0 Å². The zero-order valence-corrected chi connectivity index (χ0v) is 14.6. The Kier molecular flexibility index (Phi) is 5.20. The monoisotopic (exact) mass is 364 g/mol. The van der Waals surface area contributed by atoms with Crippen molar-refractivity contribution in [2.75, 3.05) is 7.11 Å². The average Bonchev–Trinajstić information content (AvgIpc) is 3.16. The molecule has 0 unspecified atom stereocenters. The van der Waals surface area contributed by atoms with Crippen molar-refractivity contribution in [2.45, 2.75) is 0 Å². The van der Waals surface area contributed by atoms with Gasteiger partial charge in [-0.15, -0.1) is 11.3 Å². The van der Waals surface area contributed by atoms with Crippen molar-refractivity contribution >= 4 is 29.0 Å². The Balaban J connectivity index is 1.87. The third-order valence-electron chi connectivity index (χ3n) is 3.64. The summed E-state index contributed by atoms with van der Waals surface area (Å²) in [5, 5.41) is 11.9. The smallest absolute Gasteiger partial charge is 0.337 e. The van der Waals surface area contributed by atoms with Crippen LogP contribution < -0.4 is 0 Å². The van der Waals surface area contributed by atoms with Crippen molar-refractivity contribution in [3.05, 3.63) is 75.9 Å². The number of hydrogen-bond acceptors (Lipinski definition) is 5. The standard InChI is InChI=1S/C20H13FN2O2S/c1-25-20(24)15-4-2-13(3-5-15)10-16(11-22)19-23-18(12-26-19)14-6-8-17(21)9-7-14/h2-10,12H,1H3/b16-10+. The maximum Gasteiger partial charge on any atom is 0.337 e. The zero-order chi connectivity index (χ0) is 18.5. The number of nitrogens with zero attached hydrogens (tertiary/aromatic N) is 2. The van der Waals surface area contributed by atoms with Crippen molar-refractivity contribution in [2.24, 2.45) is 0 Å². The summed E-state index contributed by atoms with van der Waals surface area (Å²) in [6.45, 7) is 0. The average molecular weight is 364 g/mol. The summed E-state index contributed by atoms with van der Waals surface area (Å²) in [7, 11) is 1.32. The van der Waals surface area contributed by atoms with Crippen molar-refractivity contribution in [1.29, 1.82) is 5.26 Å². The van der Waals surface area contributed by atoms with E-state index in [4.69, 9.17) is 0 Å². The van der Waals surface area contributed by atoms with Crippen molar-refractivity contribution in [3.63, 3.8) is 0 Å². The third-order valence-corrected chi connectivity index (χ3v) is 4.51. The Morgan fingerprint density at radius 2 is 1.88 bits per heavy atom. The van der Waals surface area contributed by atoms with E-state index >= 15 is 0 Å². The first-order valence-corrected chi connectivity index (χ1v) is 8.50. The van der Waals surface area contributed by atoms with E-state index in [1.54, 1.807) is 42.5 Å². The second-order valence-corrected chi connectivity index (χ2v) is 6.19. The first-order chi connectivity index (χ1) is 12.6. The molecule has 0 aliphatic carbocycles. The van der Waals surface area contributed by atoms with Gasteiger partial charge in [-0.05, 0) is 48.0 Å². The number of nitriles is 1. The number of esters is 1. The number of aromatic nitrogens is 1. The fourth-order valence-electron chi connectivity index (χ4n) is 2.29. The van der Waals surface area contributed by atoms with E-state index in [9.17, 15) is 14.4 Å². The van der Waals surface area contributed by atoms with Crippen LogP contribution in [0.2, 0.25) is 0 Å². The highest BCUT2D eigenvalue weighted by Gasteiger charge is 2.10. The molecule has 3 rings (SSSR count). The Labute approximate surface area is 153 Å². The third kappa shape index (κ3) is 3.85. The summed E-state index contributed by atoms with van der Waals surface area (Å²) in [6, 6.07) is 14.9. The molecule has 0 saturated carbocycles. The van der Waals surface area contributed by atoms with Crippen LogP contribution in [0.15, 0.2) is 53.9 Å². The molecule has 0 atom stereocenters. The van der Waals surface area contributed by atoms with Crippen LogP contribution in [0.5, 0.6) is 0 Å². The highest BCUT2D eigenvalue weighted by atomic mass is 32.1. The summed E-state index contributed by atoms with van der Waals surface area (Å²) in [5.41, 5.74) is 3.10. The lowest BCUT2D eigenvalue weighted by atomic mass is 10.1. The predicted molar refractivity (Wildman–Crippen MR) is 98.8 cm³/mol. The minimum Gasteiger partial charge on any atom is -0.465 e. The molecule has 0 radical (unpaired) electrons. The van der Waals surface area contributed by atoms with E-state index in [1.807, 2.05) is 5.38 Å². The van der Waals surface area contributed by atoms with Crippen molar-refractivity contribution < 1.29 is 13.9 Å². The summed E-state index contributed by atoms with van der Waals surface area (Å²) in [5.74, 6) is -0.720. The molecule has 0 aliphatic rings. The number of carbonyl (C=O) groups excluding carboxylic acids is 1. The lowest BCUT2D eigenvalue weighted by Crippen LogP contribution is -2.00. The van der Waals surface area contributed by atoms with Crippen molar-refractivity contribution in [1.82, 2.24) is 4.98 Å². The van der Waals surface area contributed by atoms with Crippen LogP contribution in [0.4, 0.5) is 4.39 Å². The van der Waals surface area contributed by atoms with Gasteiger partial charge in [-0.25, -0.2) is 14.2 Å². The number of ether oxygens (including phenoxy) is 1. The molecule has 0 amide bonds. The SMILES string of the molecule is COC(=O)c1ccc(/C=C(\C#N)c2nc(-c3ccc(F)cc3)cs2)cc1. The van der Waals surface area contributed by atoms with Gasteiger partial charge in [0.2, 0.25) is 0 Å². The van der Waals surface area contributed by atoms with E-state index < -0.39 is 5.97 Å². The molecule has 0 bridgehead atoms. The minimum absolute atomic E-state index is 0.308. The quantitative estimate of drug-likeness (QED) is 0.493. The lowest BCUT2D eigenvalue weighted by Gasteiger charge is -2.00. The number of thiazole rings is 1. The molecular formula is C20H13FN2O2S. The summed E-state index contributed by atoms with van der Waals surface area (Å²) in [4.78, 5) is 15.9. The molecule has 0 fully saturated rings. The Hall–Kier alpha value is -3.30. The van der Waals surface area contributed by atoms with Crippen LogP contribution in [-0.4, -0.2) is 18.1 Å². The summed E-state index contributed by atoms with van der Waals surface area (Å²) < 4.78 is 17.7. The van der Waals surface area contributed by atoms with Gasteiger partial charge in [-0.2, -0.15) is 5.26 Å². The lowest BCUT2D eigenvalue weighted by molar-refractivity contribution is 0.0600. The predicted octanol–water partition coefficient (Wildman–Crippen LogP) is 4.80. The molecule has 0 aliphatic heterocycles. The number of hydrogen-bond donors (Lipinski definition) is 0. The van der Waals surface area contributed by atoms with E-state index in [0.717, 1.165) is 11.1 Å². The number of rotatable bonds is 4. The summed E-state index contributed by atoms with van der Waals surface area (Å²) in [6.07, 6.45) is 1.70. The van der Waals surface area contributed by atoms with Crippen LogP contribution in [0.25, 0.3) is 22.9 Å². The maximum absolute atomic E-state index is 13.0. The molecular weight excluding hydrogens is 351 g/mol. The largest absolute Gasteiger partial charge is 0.465 e. The van der Waals surface area contributed by atoms with E-state index in [0.29, 0.717) is 21.8 Å². The molecule has 128 valence electrons. The molecule has 2 aromatic carbocycles. The van der Waals surface area contributed by atoms with Crippen LogP contribution >= 0.6 is 11.3 Å². The first kappa shape index (κ1) is 17.5. The molecule has 4 nitrogen and oxygen atoms in total. The van der Waals surface area contributed by atoms with E-state index in [1.165, 1.54) is 30.6 Å². The second-order valence-electron chi connectivity index (χ2n) is 5.33. The van der Waals surface area contributed by atoms with Crippen LogP contribution in [0, 0.1) is 17.1 Å². The van der Waals surface area contributed by atoms with Gasteiger partial charge in [-0.1, -0.05) is 12.1 Å². The molecule has 0 spiro atoms. The van der Waals surface area contributed by atoms with Crippen LogP contribution in [0.3, 0.4) is 0 Å². The van der Waals surface area contributed by atoms with Crippen LogP contribution in [-0.2, 0) is 4.74 Å². The summed E-state index contributed by atoms with van der Waals surface area (Å²) >= 11 is 1.34. The second kappa shape index (κ2) is 7.72. The van der Waals surface area contributed by atoms with Gasteiger partial charge < -0.3 is 4.74 Å². The van der Waals surface area contributed by atoms with E-state index in [2.05, 4.69) is 15.8 Å². The fraction of sp³-hybridized carbons (Fsp3) is 0.0500. The van der Waals surface area contributed by atoms with Gasteiger partial charge in [0.15, 0.2) is 0 Å². The van der Waals surface area contributed by atoms with Gasteiger partial charge >= 0.3 is 5.97 Å². The minimum atomic E-state index is -0.412. The Bertz CT molecular complexity index is 1000. The van der Waals surface area contributed by atoms with Crippen LogP contribution in [0.1, 0.15) is 20.9 Å². The molecule has 1 heterocycles. The van der Waals surface area contributed by atoms with Gasteiger partial charge in [0.25, 0.3) is 0 Å².